The molecule has 0 aromatic heterocycles. The summed E-state index contributed by atoms with van der Waals surface area (Å²) in [5, 5.41) is 2.15. The van der Waals surface area contributed by atoms with Gasteiger partial charge in [0.2, 0.25) is 0 Å². The molecule has 0 unspecified atom stereocenters. The highest BCUT2D eigenvalue weighted by molar-refractivity contribution is 6.33. The Kier molecular flexibility index (Phi) is 4.90. The van der Waals surface area contributed by atoms with Gasteiger partial charge in [-0.15, -0.1) is 0 Å². The summed E-state index contributed by atoms with van der Waals surface area (Å²) in [5.41, 5.74) is 1.10. The molecule has 92 valence electrons. The molecule has 1 atom stereocenters. The highest BCUT2D eigenvalue weighted by Gasteiger charge is 2.25. The lowest BCUT2D eigenvalue weighted by Crippen LogP contribution is -2.49. The number of nitrogens with one attached hydrogen (secondary N) is 2. The largest absolute Gasteiger partial charge is 0.453 e. The van der Waals surface area contributed by atoms with Gasteiger partial charge in [0.1, 0.15) is 11.6 Å². The van der Waals surface area contributed by atoms with E-state index in [2.05, 4.69) is 5.32 Å². The first-order valence-electron chi connectivity index (χ1n) is 4.71. The molecular weight excluding hydrogens is 214 g/mol. The fourth-order valence-electron chi connectivity index (χ4n) is 0.771. The lowest BCUT2D eigenvalue weighted by Gasteiger charge is -2.19. The van der Waals surface area contributed by atoms with Crippen molar-refractivity contribution in [2.75, 3.05) is 0 Å². The second kappa shape index (κ2) is 5.45. The number of carbonyl (C=O) groups excluding carboxylic acids is 3. The van der Waals surface area contributed by atoms with Crippen molar-refractivity contribution in [3.63, 3.8) is 0 Å². The van der Waals surface area contributed by atoms with Crippen molar-refractivity contribution in [3.05, 3.63) is 0 Å². The summed E-state index contributed by atoms with van der Waals surface area (Å²) in [5.74, 6) is 2.24. The monoisotopic (exact) mass is 231 g/mol. The van der Waals surface area contributed by atoms with Crippen LogP contribution in [0, 0.1) is 0 Å². The normalized spacial score (nSPS) is 12.6. The van der Waals surface area contributed by atoms with Crippen molar-refractivity contribution < 1.29 is 19.1 Å². The van der Waals surface area contributed by atoms with E-state index in [0.717, 1.165) is 0 Å². The fourth-order valence-corrected chi connectivity index (χ4v) is 0.771. The van der Waals surface area contributed by atoms with E-state index in [4.69, 9.17) is 10.6 Å². The van der Waals surface area contributed by atoms with Gasteiger partial charge in [-0.2, -0.15) is 0 Å². The summed E-state index contributed by atoms with van der Waals surface area (Å²) in [4.78, 5) is 33.4. The average Bonchev–Trinajstić information content (AvgIpc) is 2.13. The van der Waals surface area contributed by atoms with Gasteiger partial charge in [0, 0.05) is 0 Å². The van der Waals surface area contributed by atoms with Crippen molar-refractivity contribution >= 4 is 17.8 Å². The minimum Gasteiger partial charge on any atom is -0.453 e. The van der Waals surface area contributed by atoms with E-state index >= 15 is 0 Å². The maximum absolute atomic E-state index is 11.2. The Morgan fingerprint density at radius 2 is 1.75 bits per heavy atom. The van der Waals surface area contributed by atoms with E-state index in [1.807, 2.05) is 5.43 Å². The zero-order chi connectivity index (χ0) is 12.9. The quantitative estimate of drug-likeness (QED) is 0.182. The van der Waals surface area contributed by atoms with E-state index in [-0.39, 0.29) is 0 Å². The fraction of sp³-hybridized carbons (Fsp3) is 0.667. The number of rotatable bonds is 2. The molecule has 7 nitrogen and oxygen atoms in total. The number of esters is 1. The Morgan fingerprint density at radius 1 is 1.25 bits per heavy atom. The minimum atomic E-state index is -1.04. The van der Waals surface area contributed by atoms with Crippen LogP contribution in [-0.4, -0.2) is 29.4 Å². The molecule has 0 bridgehead atoms. The van der Waals surface area contributed by atoms with Crippen LogP contribution in [0.3, 0.4) is 0 Å². The first kappa shape index (κ1) is 14.4. The third kappa shape index (κ3) is 5.30. The molecule has 0 rings (SSSR count). The predicted molar refractivity (Wildman–Crippen MR) is 55.8 cm³/mol. The van der Waals surface area contributed by atoms with Crippen LogP contribution in [0.15, 0.2) is 0 Å². The molecular formula is C9H17N3O4. The molecule has 0 spiro atoms. The van der Waals surface area contributed by atoms with E-state index < -0.39 is 29.4 Å². The lowest BCUT2D eigenvalue weighted by molar-refractivity contribution is -0.163. The SMILES string of the molecule is C[C@H](NC(=O)C(=O)OC(C)(C)C)C(=O)NN. The second-order valence-electron chi connectivity index (χ2n) is 4.21. The Balaban J connectivity index is 4.27. The number of ether oxygens (including phenoxy) is 1. The highest BCUT2D eigenvalue weighted by Crippen LogP contribution is 2.06. The molecule has 0 heterocycles. The maximum atomic E-state index is 11.2. The smallest absolute Gasteiger partial charge is 0.397 e. The molecule has 4 N–H and O–H groups in total. The summed E-state index contributed by atoms with van der Waals surface area (Å²) < 4.78 is 4.80. The number of hydrazine groups is 1. The highest BCUT2D eigenvalue weighted by atomic mass is 16.6. The maximum Gasteiger partial charge on any atom is 0.397 e. The average molecular weight is 231 g/mol. The molecule has 0 aliphatic carbocycles. The Hall–Kier alpha value is -1.63. The van der Waals surface area contributed by atoms with Crippen molar-refractivity contribution in [2.24, 2.45) is 5.84 Å². The zero-order valence-corrected chi connectivity index (χ0v) is 9.79. The van der Waals surface area contributed by atoms with Gasteiger partial charge in [0.05, 0.1) is 0 Å². The van der Waals surface area contributed by atoms with Crippen LogP contribution in [0.25, 0.3) is 0 Å². The third-order valence-electron chi connectivity index (χ3n) is 1.47. The van der Waals surface area contributed by atoms with Gasteiger partial charge in [-0.25, -0.2) is 10.6 Å². The Labute approximate surface area is 93.7 Å². The molecule has 0 radical (unpaired) electrons. The van der Waals surface area contributed by atoms with E-state index in [9.17, 15) is 14.4 Å². The van der Waals surface area contributed by atoms with Crippen molar-refractivity contribution in [3.8, 4) is 0 Å². The molecule has 7 heteroatoms. The van der Waals surface area contributed by atoms with Crippen LogP contribution in [0.2, 0.25) is 0 Å². The van der Waals surface area contributed by atoms with Gasteiger partial charge in [0.25, 0.3) is 5.91 Å². The van der Waals surface area contributed by atoms with Gasteiger partial charge < -0.3 is 10.1 Å². The summed E-state index contributed by atoms with van der Waals surface area (Å²) >= 11 is 0. The summed E-state index contributed by atoms with van der Waals surface area (Å²) in [6.07, 6.45) is 0. The molecule has 2 amide bonds. The van der Waals surface area contributed by atoms with Crippen molar-refractivity contribution in [2.45, 2.75) is 39.3 Å². The molecule has 0 aromatic rings. The van der Waals surface area contributed by atoms with Crippen LogP contribution < -0.4 is 16.6 Å². The predicted octanol–water partition coefficient (Wildman–Crippen LogP) is -1.18. The minimum absolute atomic E-state index is 0.600. The Morgan fingerprint density at radius 3 is 2.12 bits per heavy atom. The lowest BCUT2D eigenvalue weighted by atomic mass is 10.2. The second-order valence-corrected chi connectivity index (χ2v) is 4.21. The molecule has 0 fully saturated rings. The van der Waals surface area contributed by atoms with E-state index in [0.29, 0.717) is 0 Å². The van der Waals surface area contributed by atoms with E-state index in [1.54, 1.807) is 20.8 Å². The molecule has 0 saturated heterocycles. The standard InChI is InChI=1S/C9H17N3O4/c1-5(6(13)12-10)11-7(14)8(15)16-9(2,3)4/h5H,10H2,1-4H3,(H,11,14)(H,12,13)/t5-/m0/s1. The van der Waals surface area contributed by atoms with Gasteiger partial charge >= 0.3 is 11.9 Å². The van der Waals surface area contributed by atoms with Gasteiger partial charge in [-0.05, 0) is 27.7 Å². The van der Waals surface area contributed by atoms with Gasteiger partial charge in [-0.3, -0.25) is 15.0 Å². The first-order chi connectivity index (χ1) is 7.17. The molecule has 0 aliphatic heterocycles. The number of nitrogens with two attached hydrogens (primary N) is 1. The van der Waals surface area contributed by atoms with Gasteiger partial charge in [-0.1, -0.05) is 0 Å². The third-order valence-corrected chi connectivity index (χ3v) is 1.47. The molecule has 0 aliphatic rings. The van der Waals surface area contributed by atoms with Crippen molar-refractivity contribution in [1.29, 1.82) is 0 Å². The molecule has 0 saturated carbocycles. The summed E-state index contributed by atoms with van der Waals surface area (Å²) in [6.45, 7) is 6.29. The first-order valence-corrected chi connectivity index (χ1v) is 4.71. The van der Waals surface area contributed by atoms with Crippen molar-refractivity contribution in [1.82, 2.24) is 10.7 Å². The molecule has 16 heavy (non-hydrogen) atoms. The topological polar surface area (TPSA) is 111 Å². The van der Waals surface area contributed by atoms with Crippen LogP contribution in [-0.2, 0) is 19.1 Å². The van der Waals surface area contributed by atoms with Crippen LogP contribution in [0.5, 0.6) is 0 Å². The number of hydrogen-bond acceptors (Lipinski definition) is 5. The zero-order valence-electron chi connectivity index (χ0n) is 9.79. The van der Waals surface area contributed by atoms with Crippen LogP contribution >= 0.6 is 0 Å². The van der Waals surface area contributed by atoms with Gasteiger partial charge in [0.15, 0.2) is 0 Å². The molecule has 0 aromatic carbocycles. The van der Waals surface area contributed by atoms with E-state index in [1.165, 1.54) is 6.92 Å². The van der Waals surface area contributed by atoms with Crippen LogP contribution in [0.4, 0.5) is 0 Å². The number of hydrogen-bond donors (Lipinski definition) is 3. The number of amides is 2. The summed E-state index contributed by atoms with van der Waals surface area (Å²) in [7, 11) is 0. The van der Waals surface area contributed by atoms with Crippen LogP contribution in [0.1, 0.15) is 27.7 Å². The number of carbonyl (C=O) groups is 3. The summed E-state index contributed by atoms with van der Waals surface area (Å²) in [6, 6.07) is -0.898. The Bertz CT molecular complexity index is 296.